The smallest absolute Gasteiger partial charge is 0.184 e. The van der Waals surface area contributed by atoms with Crippen molar-refractivity contribution in [3.63, 3.8) is 0 Å². The van der Waals surface area contributed by atoms with Gasteiger partial charge in [-0.25, -0.2) is 9.07 Å². The van der Waals surface area contributed by atoms with Crippen LogP contribution in [-0.2, 0) is 6.42 Å². The van der Waals surface area contributed by atoms with Gasteiger partial charge in [0.15, 0.2) is 11.5 Å². The van der Waals surface area contributed by atoms with Gasteiger partial charge in [-0.05, 0) is 25.0 Å². The van der Waals surface area contributed by atoms with E-state index < -0.39 is 0 Å². The van der Waals surface area contributed by atoms with E-state index in [0.29, 0.717) is 29.9 Å². The van der Waals surface area contributed by atoms with Crippen molar-refractivity contribution in [3.8, 4) is 5.69 Å². The van der Waals surface area contributed by atoms with Crippen LogP contribution in [0.25, 0.3) is 5.69 Å². The molecule has 0 fully saturated rings. The van der Waals surface area contributed by atoms with Crippen molar-refractivity contribution in [3.05, 3.63) is 41.0 Å². The summed E-state index contributed by atoms with van der Waals surface area (Å²) >= 11 is 0. The molecule has 0 atom stereocenters. The predicted molar refractivity (Wildman–Crippen MR) is 70.1 cm³/mol. The normalized spacial score (nSPS) is 10.7. The predicted octanol–water partition coefficient (Wildman–Crippen LogP) is 2.87. The topological polar surface area (TPSA) is 47.8 Å². The van der Waals surface area contributed by atoms with E-state index >= 15 is 0 Å². The Balaban J connectivity index is 2.64. The van der Waals surface area contributed by atoms with Gasteiger partial charge in [-0.3, -0.25) is 4.79 Å². The standard InChI is InChI=1S/C14H16FN3O/c1-4-11-13(12(19)5-2)16-17-18(11)14-9(3)7-6-8-10(14)15/h6-8H,4-5H2,1-3H3. The number of hydrogen-bond donors (Lipinski definition) is 0. The van der Waals surface area contributed by atoms with E-state index in [1.54, 1.807) is 26.0 Å². The fourth-order valence-corrected chi connectivity index (χ4v) is 2.07. The second kappa shape index (κ2) is 5.30. The molecule has 100 valence electrons. The molecule has 0 radical (unpaired) electrons. The highest BCUT2D eigenvalue weighted by Crippen LogP contribution is 2.21. The lowest BCUT2D eigenvalue weighted by atomic mass is 10.1. The second-order valence-corrected chi connectivity index (χ2v) is 4.33. The Morgan fingerprint density at radius 1 is 1.37 bits per heavy atom. The molecule has 1 aromatic heterocycles. The molecule has 0 amide bonds. The summed E-state index contributed by atoms with van der Waals surface area (Å²) in [6, 6.07) is 4.83. The van der Waals surface area contributed by atoms with Crippen LogP contribution >= 0.6 is 0 Å². The van der Waals surface area contributed by atoms with E-state index in [2.05, 4.69) is 10.3 Å². The molecule has 1 aromatic carbocycles. The van der Waals surface area contributed by atoms with Gasteiger partial charge >= 0.3 is 0 Å². The number of hydrogen-bond acceptors (Lipinski definition) is 3. The highest BCUT2D eigenvalue weighted by atomic mass is 19.1. The fourth-order valence-electron chi connectivity index (χ4n) is 2.07. The van der Waals surface area contributed by atoms with Gasteiger partial charge in [-0.15, -0.1) is 5.10 Å². The van der Waals surface area contributed by atoms with Crippen molar-refractivity contribution in [2.45, 2.75) is 33.6 Å². The van der Waals surface area contributed by atoms with Crippen molar-refractivity contribution in [1.29, 1.82) is 0 Å². The largest absolute Gasteiger partial charge is 0.292 e. The van der Waals surface area contributed by atoms with Crippen LogP contribution in [0.4, 0.5) is 4.39 Å². The number of aromatic nitrogens is 3. The van der Waals surface area contributed by atoms with Crippen molar-refractivity contribution in [2.75, 3.05) is 0 Å². The SMILES string of the molecule is CCC(=O)c1nnn(-c2c(C)cccc2F)c1CC. The minimum Gasteiger partial charge on any atom is -0.292 e. The van der Waals surface area contributed by atoms with Crippen LogP contribution in [0.3, 0.4) is 0 Å². The Kier molecular flexibility index (Phi) is 3.74. The van der Waals surface area contributed by atoms with Gasteiger partial charge in [0.05, 0.1) is 5.69 Å². The first kappa shape index (κ1) is 13.4. The second-order valence-electron chi connectivity index (χ2n) is 4.33. The number of rotatable bonds is 4. The van der Waals surface area contributed by atoms with Crippen LogP contribution in [0.15, 0.2) is 18.2 Å². The zero-order valence-electron chi connectivity index (χ0n) is 11.3. The molecule has 0 unspecified atom stereocenters. The third kappa shape index (κ3) is 2.28. The molecule has 0 aliphatic heterocycles. The van der Waals surface area contributed by atoms with Crippen LogP contribution in [0.5, 0.6) is 0 Å². The zero-order valence-corrected chi connectivity index (χ0v) is 11.3. The summed E-state index contributed by atoms with van der Waals surface area (Å²) in [5.41, 5.74) is 2.12. The average Bonchev–Trinajstić information content (AvgIpc) is 2.81. The molecule has 0 spiro atoms. The Labute approximate surface area is 111 Å². The third-order valence-corrected chi connectivity index (χ3v) is 3.08. The first-order valence-electron chi connectivity index (χ1n) is 6.33. The number of halogens is 1. The van der Waals surface area contributed by atoms with Gasteiger partial charge in [0.1, 0.15) is 11.5 Å². The van der Waals surface area contributed by atoms with E-state index in [9.17, 15) is 9.18 Å². The number of nitrogens with zero attached hydrogens (tertiary/aromatic N) is 3. The van der Waals surface area contributed by atoms with E-state index in [1.807, 2.05) is 6.92 Å². The van der Waals surface area contributed by atoms with Crippen LogP contribution in [0, 0.1) is 12.7 Å². The number of aryl methyl sites for hydroxylation is 1. The lowest BCUT2D eigenvalue weighted by Gasteiger charge is -2.09. The van der Waals surface area contributed by atoms with Crippen molar-refractivity contribution in [2.24, 2.45) is 0 Å². The molecule has 0 N–H and O–H groups in total. The minimum atomic E-state index is -0.366. The van der Waals surface area contributed by atoms with E-state index in [4.69, 9.17) is 0 Å². The van der Waals surface area contributed by atoms with Crippen LogP contribution < -0.4 is 0 Å². The number of carbonyl (C=O) groups excluding carboxylic acids is 1. The van der Waals surface area contributed by atoms with E-state index in [0.717, 1.165) is 5.56 Å². The lowest BCUT2D eigenvalue weighted by molar-refractivity contribution is 0.0982. The number of ketones is 1. The molecule has 0 bridgehead atoms. The lowest BCUT2D eigenvalue weighted by Crippen LogP contribution is -2.08. The number of benzene rings is 1. The Morgan fingerprint density at radius 2 is 2.11 bits per heavy atom. The quantitative estimate of drug-likeness (QED) is 0.795. The molecule has 2 aromatic rings. The van der Waals surface area contributed by atoms with Gasteiger partial charge in [0, 0.05) is 6.42 Å². The maximum absolute atomic E-state index is 14.0. The maximum atomic E-state index is 14.0. The maximum Gasteiger partial charge on any atom is 0.184 e. The Bertz CT molecular complexity index is 599. The first-order valence-corrected chi connectivity index (χ1v) is 6.33. The molecule has 19 heavy (non-hydrogen) atoms. The van der Waals surface area contributed by atoms with Crippen LogP contribution in [0.2, 0.25) is 0 Å². The summed E-state index contributed by atoms with van der Waals surface area (Å²) in [6.07, 6.45) is 0.934. The summed E-state index contributed by atoms with van der Waals surface area (Å²) < 4.78 is 15.4. The molecule has 2 rings (SSSR count). The summed E-state index contributed by atoms with van der Waals surface area (Å²) in [7, 11) is 0. The first-order chi connectivity index (χ1) is 9.10. The molecule has 1 heterocycles. The average molecular weight is 261 g/mol. The molecule has 0 saturated heterocycles. The molecule has 5 heteroatoms. The summed E-state index contributed by atoms with van der Waals surface area (Å²) in [4.78, 5) is 11.8. The van der Waals surface area contributed by atoms with E-state index in [1.165, 1.54) is 10.7 Å². The Morgan fingerprint density at radius 3 is 2.68 bits per heavy atom. The molecule has 0 aliphatic carbocycles. The fraction of sp³-hybridized carbons (Fsp3) is 0.357. The highest BCUT2D eigenvalue weighted by molar-refractivity contribution is 5.95. The van der Waals surface area contributed by atoms with Crippen LogP contribution in [-0.4, -0.2) is 20.8 Å². The molecular formula is C14H16FN3O. The van der Waals surface area contributed by atoms with Crippen molar-refractivity contribution in [1.82, 2.24) is 15.0 Å². The number of carbonyl (C=O) groups is 1. The van der Waals surface area contributed by atoms with Crippen molar-refractivity contribution < 1.29 is 9.18 Å². The number of Topliss-reactive ketones (excluding diaryl/α,β-unsaturated/α-hetero) is 1. The van der Waals surface area contributed by atoms with Gasteiger partial charge in [-0.1, -0.05) is 31.2 Å². The van der Waals surface area contributed by atoms with Gasteiger partial charge in [-0.2, -0.15) is 0 Å². The molecule has 4 nitrogen and oxygen atoms in total. The Hall–Kier alpha value is -2.04. The zero-order chi connectivity index (χ0) is 14.0. The monoisotopic (exact) mass is 261 g/mol. The summed E-state index contributed by atoms with van der Waals surface area (Å²) in [5, 5.41) is 7.87. The summed E-state index contributed by atoms with van der Waals surface area (Å²) in [5.74, 6) is -0.438. The highest BCUT2D eigenvalue weighted by Gasteiger charge is 2.20. The molecule has 0 saturated carbocycles. The molecular weight excluding hydrogens is 245 g/mol. The van der Waals surface area contributed by atoms with Gasteiger partial charge in [0.2, 0.25) is 0 Å². The van der Waals surface area contributed by atoms with Gasteiger partial charge in [0.25, 0.3) is 0 Å². The number of para-hydroxylation sites is 1. The van der Waals surface area contributed by atoms with Crippen molar-refractivity contribution >= 4 is 5.78 Å². The minimum absolute atomic E-state index is 0.0721. The summed E-state index contributed by atoms with van der Waals surface area (Å²) in [6.45, 7) is 5.48. The third-order valence-electron chi connectivity index (χ3n) is 3.08. The molecule has 0 aliphatic rings. The van der Waals surface area contributed by atoms with E-state index in [-0.39, 0.29) is 11.6 Å². The van der Waals surface area contributed by atoms with Gasteiger partial charge < -0.3 is 0 Å². The van der Waals surface area contributed by atoms with Crippen LogP contribution in [0.1, 0.15) is 42.0 Å².